The fourth-order valence-corrected chi connectivity index (χ4v) is 3.81. The maximum Gasteiger partial charge on any atom is 0.308 e. The fourth-order valence-electron chi connectivity index (χ4n) is 2.07. The molecule has 0 fully saturated rings. The van der Waals surface area contributed by atoms with Gasteiger partial charge in [-0.3, -0.25) is 9.59 Å². The van der Waals surface area contributed by atoms with E-state index in [1.54, 1.807) is 13.0 Å². The molecule has 164 valence electrons. The third kappa shape index (κ3) is 9.97. The van der Waals surface area contributed by atoms with E-state index < -0.39 is 30.3 Å². The number of carbonyl (C=O) groups excluding carboxylic acids is 2. The van der Waals surface area contributed by atoms with E-state index in [4.69, 9.17) is 48.7 Å². The first-order valence-electron chi connectivity index (χ1n) is 9.25. The van der Waals surface area contributed by atoms with Crippen molar-refractivity contribution in [1.29, 1.82) is 0 Å². The smallest absolute Gasteiger partial charge is 0.308 e. The van der Waals surface area contributed by atoms with E-state index in [9.17, 15) is 9.59 Å². The molecule has 0 aliphatic rings. The van der Waals surface area contributed by atoms with Gasteiger partial charge in [0, 0.05) is 13.3 Å². The summed E-state index contributed by atoms with van der Waals surface area (Å²) < 4.78 is 14.9. The molecule has 0 aromatic rings. The number of carbonyl (C=O) groups is 2. The van der Waals surface area contributed by atoms with E-state index in [2.05, 4.69) is 33.9 Å². The lowest BCUT2D eigenvalue weighted by molar-refractivity contribution is -0.146. The van der Waals surface area contributed by atoms with Gasteiger partial charge in [-0.05, 0) is 37.6 Å². The minimum atomic E-state index is -2.15. The van der Waals surface area contributed by atoms with Crippen LogP contribution < -0.4 is 0 Å². The maximum absolute atomic E-state index is 12.1. The maximum atomic E-state index is 12.1. The summed E-state index contributed by atoms with van der Waals surface area (Å²) in [7, 11) is -2.15. The molecule has 0 radical (unpaired) electrons. The van der Waals surface area contributed by atoms with Crippen molar-refractivity contribution in [3.8, 4) is 0 Å². The van der Waals surface area contributed by atoms with E-state index in [0.29, 0.717) is 6.61 Å². The van der Waals surface area contributed by atoms with Gasteiger partial charge in [0.2, 0.25) is 3.79 Å². The number of hydrogen-bond donors (Lipinski definition) is 0. The van der Waals surface area contributed by atoms with Gasteiger partial charge in [-0.2, -0.15) is 0 Å². The monoisotopic (exact) mass is 474 g/mol. The lowest BCUT2D eigenvalue weighted by Gasteiger charge is -2.39. The van der Waals surface area contributed by atoms with Crippen LogP contribution in [-0.2, 0) is 23.5 Å². The standard InChI is InChI=1S/C19H33Cl3O5Si/c1-9-25-17(24)12-15(27-28(7,8)18(4,5)6)13(2)10-11-16(19(20,21)22)26-14(3)23/h10,15-16H,9,11-12H2,1-8H3/b13-10-. The molecule has 0 amide bonds. The zero-order valence-corrected chi connectivity index (χ0v) is 21.3. The highest BCUT2D eigenvalue weighted by Crippen LogP contribution is 2.39. The minimum Gasteiger partial charge on any atom is -0.466 e. The van der Waals surface area contributed by atoms with Crippen LogP contribution in [0.2, 0.25) is 18.1 Å². The first kappa shape index (κ1) is 27.7. The van der Waals surface area contributed by atoms with Crippen molar-refractivity contribution in [1.82, 2.24) is 0 Å². The summed E-state index contributed by atoms with van der Waals surface area (Å²) in [6, 6.07) is 0. The van der Waals surface area contributed by atoms with Crippen LogP contribution in [0.5, 0.6) is 0 Å². The number of rotatable bonds is 9. The van der Waals surface area contributed by atoms with Gasteiger partial charge in [0.25, 0.3) is 0 Å². The molecule has 0 spiro atoms. The van der Waals surface area contributed by atoms with Gasteiger partial charge in [-0.15, -0.1) is 0 Å². The van der Waals surface area contributed by atoms with Crippen molar-refractivity contribution in [2.45, 2.75) is 88.5 Å². The molecule has 5 nitrogen and oxygen atoms in total. The average Bonchev–Trinajstić information content (AvgIpc) is 2.47. The molecule has 28 heavy (non-hydrogen) atoms. The van der Waals surface area contributed by atoms with Crippen LogP contribution in [0.15, 0.2) is 11.6 Å². The molecular formula is C19H33Cl3O5Si. The first-order valence-corrected chi connectivity index (χ1v) is 13.3. The van der Waals surface area contributed by atoms with Crippen molar-refractivity contribution in [3.05, 3.63) is 11.6 Å². The van der Waals surface area contributed by atoms with Crippen LogP contribution in [0.25, 0.3) is 0 Å². The number of halogens is 3. The summed E-state index contributed by atoms with van der Waals surface area (Å²) >= 11 is 17.8. The summed E-state index contributed by atoms with van der Waals surface area (Å²) in [6.07, 6.45) is 0.651. The van der Waals surface area contributed by atoms with Crippen molar-refractivity contribution < 1.29 is 23.5 Å². The molecule has 2 atom stereocenters. The van der Waals surface area contributed by atoms with Gasteiger partial charge < -0.3 is 13.9 Å². The Bertz CT molecular complexity index is 565. The Morgan fingerprint density at radius 3 is 2.04 bits per heavy atom. The molecule has 0 N–H and O–H groups in total. The second-order valence-corrected chi connectivity index (χ2v) is 15.3. The van der Waals surface area contributed by atoms with E-state index in [0.717, 1.165) is 5.57 Å². The van der Waals surface area contributed by atoms with Gasteiger partial charge in [0.05, 0.1) is 19.1 Å². The molecule has 0 bridgehead atoms. The Hall–Kier alpha value is -0.273. The number of hydrogen-bond acceptors (Lipinski definition) is 5. The molecule has 0 heterocycles. The Morgan fingerprint density at radius 2 is 1.64 bits per heavy atom. The molecule has 2 unspecified atom stereocenters. The third-order valence-electron chi connectivity index (χ3n) is 4.74. The highest BCUT2D eigenvalue weighted by atomic mass is 35.6. The van der Waals surface area contributed by atoms with E-state index in [1.165, 1.54) is 6.92 Å². The van der Waals surface area contributed by atoms with Crippen LogP contribution in [-0.4, -0.2) is 42.9 Å². The molecule has 9 heteroatoms. The Labute approximate surface area is 185 Å². The lowest BCUT2D eigenvalue weighted by Crippen LogP contribution is -2.44. The molecule has 0 aliphatic carbocycles. The Kier molecular flexibility index (Phi) is 11.1. The van der Waals surface area contributed by atoms with E-state index in [-0.39, 0.29) is 23.8 Å². The van der Waals surface area contributed by atoms with Gasteiger partial charge in [0.15, 0.2) is 14.4 Å². The van der Waals surface area contributed by atoms with E-state index >= 15 is 0 Å². The van der Waals surface area contributed by atoms with Crippen molar-refractivity contribution >= 4 is 55.1 Å². The first-order chi connectivity index (χ1) is 12.5. The largest absolute Gasteiger partial charge is 0.466 e. The van der Waals surface area contributed by atoms with Crippen molar-refractivity contribution in [2.75, 3.05) is 6.61 Å². The lowest BCUT2D eigenvalue weighted by atomic mass is 10.1. The van der Waals surface area contributed by atoms with E-state index in [1.807, 2.05) is 6.92 Å². The van der Waals surface area contributed by atoms with Gasteiger partial charge in [-0.1, -0.05) is 61.7 Å². The molecule has 0 rings (SSSR count). The van der Waals surface area contributed by atoms with Gasteiger partial charge >= 0.3 is 11.9 Å². The molecule has 0 aromatic heterocycles. The predicted octanol–water partition coefficient (Wildman–Crippen LogP) is 5.97. The van der Waals surface area contributed by atoms with Crippen LogP contribution in [0.3, 0.4) is 0 Å². The van der Waals surface area contributed by atoms with Crippen LogP contribution in [0.4, 0.5) is 0 Å². The topological polar surface area (TPSA) is 61.8 Å². The highest BCUT2D eigenvalue weighted by molar-refractivity contribution is 6.74. The normalized spacial score (nSPS) is 15.8. The summed E-state index contributed by atoms with van der Waals surface area (Å²) in [4.78, 5) is 23.4. The molecule has 0 saturated heterocycles. The van der Waals surface area contributed by atoms with Crippen molar-refractivity contribution in [2.24, 2.45) is 0 Å². The molecule has 0 aliphatic heterocycles. The third-order valence-corrected chi connectivity index (χ3v) is 9.95. The number of alkyl halides is 3. The van der Waals surface area contributed by atoms with Gasteiger partial charge in [-0.25, -0.2) is 0 Å². The zero-order chi connectivity index (χ0) is 22.3. The molecular weight excluding hydrogens is 443 g/mol. The quantitative estimate of drug-likeness (QED) is 0.178. The summed E-state index contributed by atoms with van der Waals surface area (Å²) in [6.45, 7) is 15.8. The highest BCUT2D eigenvalue weighted by Gasteiger charge is 2.40. The summed E-state index contributed by atoms with van der Waals surface area (Å²) in [5.74, 6) is -0.875. The van der Waals surface area contributed by atoms with Crippen LogP contribution in [0, 0.1) is 0 Å². The Morgan fingerprint density at radius 1 is 1.11 bits per heavy atom. The summed E-state index contributed by atoms with van der Waals surface area (Å²) in [5.41, 5.74) is 0.796. The predicted molar refractivity (Wildman–Crippen MR) is 118 cm³/mol. The second-order valence-electron chi connectivity index (χ2n) is 8.20. The number of ether oxygens (including phenoxy) is 2. The number of esters is 2. The SMILES string of the molecule is CCOC(=O)CC(O[Si](C)(C)C(C)(C)C)/C(C)=C\CC(OC(C)=O)C(Cl)(Cl)Cl. The molecule has 0 aromatic carbocycles. The average molecular weight is 476 g/mol. The van der Waals surface area contributed by atoms with Gasteiger partial charge in [0.1, 0.15) is 0 Å². The minimum absolute atomic E-state index is 0.0297. The fraction of sp³-hybridized carbons (Fsp3) is 0.789. The second kappa shape index (κ2) is 11.2. The molecule has 0 saturated carbocycles. The van der Waals surface area contributed by atoms with Crippen molar-refractivity contribution in [3.63, 3.8) is 0 Å². The zero-order valence-electron chi connectivity index (χ0n) is 18.0. The summed E-state index contributed by atoms with van der Waals surface area (Å²) in [5, 5.41) is -0.0297. The van der Waals surface area contributed by atoms with Crippen LogP contribution >= 0.6 is 34.8 Å². The Balaban J connectivity index is 5.58. The van der Waals surface area contributed by atoms with Crippen LogP contribution in [0.1, 0.15) is 54.4 Å².